The highest BCUT2D eigenvalue weighted by Crippen LogP contribution is 2.26. The van der Waals surface area contributed by atoms with Gasteiger partial charge in [0.25, 0.3) is 0 Å². The van der Waals surface area contributed by atoms with Gasteiger partial charge in [0.15, 0.2) is 0 Å². The highest BCUT2D eigenvalue weighted by molar-refractivity contribution is 5.85. The van der Waals surface area contributed by atoms with Gasteiger partial charge in [-0.05, 0) is 30.7 Å². The zero-order chi connectivity index (χ0) is 17.8. The van der Waals surface area contributed by atoms with Crippen LogP contribution >= 0.6 is 12.4 Å². The highest BCUT2D eigenvalue weighted by atomic mass is 35.5. The summed E-state index contributed by atoms with van der Waals surface area (Å²) >= 11 is 0. The number of nitrogens with one attached hydrogen (secondary N) is 1. The molecule has 6 heteroatoms. The molecule has 2 aromatic rings. The maximum absolute atomic E-state index is 13.6. The van der Waals surface area contributed by atoms with Crippen LogP contribution in [0.3, 0.4) is 0 Å². The number of aryl methyl sites for hydroxylation is 1. The number of carbonyl (C=O) groups is 1. The lowest BCUT2D eigenvalue weighted by atomic mass is 10.0. The molecule has 1 aliphatic rings. The van der Waals surface area contributed by atoms with E-state index in [1.165, 1.54) is 12.1 Å². The monoisotopic (exact) mass is 378 g/mol. The molecule has 0 spiro atoms. The second-order valence-electron chi connectivity index (χ2n) is 6.35. The van der Waals surface area contributed by atoms with E-state index < -0.39 is 0 Å². The minimum Gasteiger partial charge on any atom is -0.496 e. The van der Waals surface area contributed by atoms with Crippen LogP contribution in [0, 0.1) is 12.7 Å². The van der Waals surface area contributed by atoms with E-state index in [0.717, 1.165) is 29.0 Å². The molecule has 0 bridgehead atoms. The summed E-state index contributed by atoms with van der Waals surface area (Å²) in [5, 5.41) is 3.29. The molecule has 0 radical (unpaired) electrons. The normalized spacial score (nSPS) is 16.7. The van der Waals surface area contributed by atoms with E-state index in [-0.39, 0.29) is 36.6 Å². The van der Waals surface area contributed by atoms with Crippen molar-refractivity contribution in [3.8, 4) is 5.75 Å². The lowest BCUT2D eigenvalue weighted by molar-refractivity contribution is -0.133. The van der Waals surface area contributed by atoms with Crippen LogP contribution in [0.1, 0.15) is 22.7 Å². The number of carbonyl (C=O) groups excluding carboxylic acids is 1. The lowest BCUT2D eigenvalue weighted by Gasteiger charge is -2.36. The largest absolute Gasteiger partial charge is 0.496 e. The van der Waals surface area contributed by atoms with Crippen LogP contribution in [0.2, 0.25) is 0 Å². The molecule has 4 nitrogen and oxygen atoms in total. The fourth-order valence-electron chi connectivity index (χ4n) is 3.32. The Hall–Kier alpha value is -2.11. The van der Waals surface area contributed by atoms with Gasteiger partial charge < -0.3 is 15.0 Å². The van der Waals surface area contributed by atoms with Crippen molar-refractivity contribution in [2.24, 2.45) is 0 Å². The fraction of sp³-hybridized carbons (Fsp3) is 0.350. The average Bonchev–Trinajstić information content (AvgIpc) is 2.62. The van der Waals surface area contributed by atoms with E-state index in [0.29, 0.717) is 13.1 Å². The van der Waals surface area contributed by atoms with Gasteiger partial charge in [0, 0.05) is 25.2 Å². The van der Waals surface area contributed by atoms with Crippen molar-refractivity contribution in [2.45, 2.75) is 19.4 Å². The first kappa shape index (κ1) is 20.2. The Bertz CT molecular complexity index is 769. The first-order valence-electron chi connectivity index (χ1n) is 8.47. The van der Waals surface area contributed by atoms with Gasteiger partial charge in [-0.2, -0.15) is 0 Å². The van der Waals surface area contributed by atoms with Crippen molar-refractivity contribution in [3.63, 3.8) is 0 Å². The number of hydrogen-bond acceptors (Lipinski definition) is 3. The van der Waals surface area contributed by atoms with Crippen LogP contribution in [-0.4, -0.2) is 37.6 Å². The highest BCUT2D eigenvalue weighted by Gasteiger charge is 2.28. The molecule has 0 aromatic heterocycles. The molecular formula is C20H24ClFN2O2. The Morgan fingerprint density at radius 3 is 2.85 bits per heavy atom. The van der Waals surface area contributed by atoms with Crippen molar-refractivity contribution in [3.05, 3.63) is 65.0 Å². The average molecular weight is 379 g/mol. The molecule has 3 rings (SSSR count). The predicted molar refractivity (Wildman–Crippen MR) is 102 cm³/mol. The van der Waals surface area contributed by atoms with Gasteiger partial charge in [-0.25, -0.2) is 4.39 Å². The van der Waals surface area contributed by atoms with Gasteiger partial charge in [0.1, 0.15) is 11.6 Å². The molecule has 1 atom stereocenters. The molecule has 1 saturated heterocycles. The van der Waals surface area contributed by atoms with E-state index in [9.17, 15) is 9.18 Å². The Kier molecular flexibility index (Phi) is 7.00. The SMILES string of the molecule is COc1ccc(C)cc1CC(=O)N1CCNCC1c1cccc(F)c1.Cl. The minimum atomic E-state index is -0.282. The molecule has 1 aliphatic heterocycles. The maximum atomic E-state index is 13.6. The van der Waals surface area contributed by atoms with Gasteiger partial charge >= 0.3 is 0 Å². The number of benzene rings is 2. The Morgan fingerprint density at radius 2 is 2.12 bits per heavy atom. The van der Waals surface area contributed by atoms with Gasteiger partial charge in [-0.3, -0.25) is 4.79 Å². The van der Waals surface area contributed by atoms with E-state index in [1.807, 2.05) is 36.1 Å². The van der Waals surface area contributed by atoms with Crippen molar-refractivity contribution in [1.29, 1.82) is 0 Å². The fourth-order valence-corrected chi connectivity index (χ4v) is 3.32. The van der Waals surface area contributed by atoms with Gasteiger partial charge in [0.2, 0.25) is 5.91 Å². The number of rotatable bonds is 4. The number of nitrogens with zero attached hydrogens (tertiary/aromatic N) is 1. The number of methoxy groups -OCH3 is 1. The molecule has 26 heavy (non-hydrogen) atoms. The van der Waals surface area contributed by atoms with Crippen LogP contribution < -0.4 is 10.1 Å². The Morgan fingerprint density at radius 1 is 1.31 bits per heavy atom. The zero-order valence-corrected chi connectivity index (χ0v) is 15.8. The van der Waals surface area contributed by atoms with E-state index in [2.05, 4.69) is 5.32 Å². The van der Waals surface area contributed by atoms with E-state index >= 15 is 0 Å². The molecule has 0 aliphatic carbocycles. The zero-order valence-electron chi connectivity index (χ0n) is 15.0. The first-order chi connectivity index (χ1) is 12.1. The summed E-state index contributed by atoms with van der Waals surface area (Å²) in [5.41, 5.74) is 2.78. The summed E-state index contributed by atoms with van der Waals surface area (Å²) in [6.07, 6.45) is 0.274. The lowest BCUT2D eigenvalue weighted by Crippen LogP contribution is -2.49. The van der Waals surface area contributed by atoms with E-state index in [4.69, 9.17) is 4.74 Å². The Labute approximate surface area is 159 Å². The van der Waals surface area contributed by atoms with Crippen molar-refractivity contribution < 1.29 is 13.9 Å². The molecular weight excluding hydrogens is 355 g/mol. The second kappa shape index (κ2) is 9.01. The van der Waals surface area contributed by atoms with Crippen LogP contribution in [0.4, 0.5) is 4.39 Å². The second-order valence-corrected chi connectivity index (χ2v) is 6.35. The van der Waals surface area contributed by atoms with Crippen LogP contribution in [-0.2, 0) is 11.2 Å². The summed E-state index contributed by atoms with van der Waals surface area (Å²) in [6, 6.07) is 12.2. The van der Waals surface area contributed by atoms with Crippen LogP contribution in [0.5, 0.6) is 5.75 Å². The number of ether oxygens (including phenoxy) is 1. The summed E-state index contributed by atoms with van der Waals surface area (Å²) < 4.78 is 19.0. The third-order valence-corrected chi connectivity index (χ3v) is 4.57. The molecule has 1 heterocycles. The van der Waals surface area contributed by atoms with Crippen LogP contribution in [0.25, 0.3) is 0 Å². The van der Waals surface area contributed by atoms with E-state index in [1.54, 1.807) is 13.2 Å². The summed E-state index contributed by atoms with van der Waals surface area (Å²) in [6.45, 7) is 3.96. The first-order valence-corrected chi connectivity index (χ1v) is 8.47. The van der Waals surface area contributed by atoms with Gasteiger partial charge in [-0.1, -0.05) is 29.8 Å². The third-order valence-electron chi connectivity index (χ3n) is 4.57. The molecule has 1 amide bonds. The summed E-state index contributed by atoms with van der Waals surface area (Å²) in [5.74, 6) is 0.465. The maximum Gasteiger partial charge on any atom is 0.227 e. The standard InChI is InChI=1S/C20H23FN2O2.ClH/c1-14-6-7-19(25-2)16(10-14)12-20(24)23-9-8-22-13-18(23)15-4-3-5-17(21)11-15;/h3-7,10-11,18,22H,8-9,12-13H2,1-2H3;1H. The molecule has 1 N–H and O–H groups in total. The smallest absolute Gasteiger partial charge is 0.227 e. The van der Waals surface area contributed by atoms with Crippen LogP contribution in [0.15, 0.2) is 42.5 Å². The number of piperazine rings is 1. The number of halogens is 2. The molecule has 1 fully saturated rings. The molecule has 1 unspecified atom stereocenters. The number of amides is 1. The van der Waals surface area contributed by atoms with Gasteiger partial charge in [-0.15, -0.1) is 12.4 Å². The number of hydrogen-bond donors (Lipinski definition) is 1. The molecule has 0 saturated carbocycles. The van der Waals surface area contributed by atoms with Crippen molar-refractivity contribution in [1.82, 2.24) is 10.2 Å². The van der Waals surface area contributed by atoms with Crippen molar-refractivity contribution in [2.75, 3.05) is 26.7 Å². The molecule has 140 valence electrons. The molecule has 2 aromatic carbocycles. The quantitative estimate of drug-likeness (QED) is 0.887. The summed E-state index contributed by atoms with van der Waals surface area (Å²) in [4.78, 5) is 14.8. The third kappa shape index (κ3) is 4.54. The van der Waals surface area contributed by atoms with Crippen molar-refractivity contribution >= 4 is 18.3 Å². The summed E-state index contributed by atoms with van der Waals surface area (Å²) in [7, 11) is 1.61. The van der Waals surface area contributed by atoms with Gasteiger partial charge in [0.05, 0.1) is 19.6 Å². The predicted octanol–water partition coefficient (Wildman–Crippen LogP) is 3.28. The topological polar surface area (TPSA) is 41.6 Å². The minimum absolute atomic E-state index is 0. The Balaban J connectivity index is 0.00000243.